The zero-order valence-electron chi connectivity index (χ0n) is 12.1. The standard InChI is InChI=1S/2C6H12.2CH3.2ClH.Zr/c2*1-6-4-2-3-5-6;;;;;/h2*6H,2-5H2,1H3;2*1H3;2*1H;/q;;2*-1;;;+4/p-2. The van der Waals surface area contributed by atoms with Crippen molar-refractivity contribution in [2.24, 2.45) is 11.8 Å². The average molecular weight is 361 g/mol. The zero-order chi connectivity index (χ0) is 11.5. The van der Waals surface area contributed by atoms with Crippen LogP contribution in [-0.2, 0) is 20.8 Å². The van der Waals surface area contributed by atoms with Gasteiger partial charge >= 0.3 is 37.9 Å². The molecule has 0 radical (unpaired) electrons. The molecule has 0 unspecified atom stereocenters. The van der Waals surface area contributed by atoms with E-state index < -0.39 is 20.8 Å². The predicted molar refractivity (Wildman–Crippen MR) is 79.8 cm³/mol. The van der Waals surface area contributed by atoms with E-state index in [0.717, 1.165) is 11.8 Å². The van der Waals surface area contributed by atoms with Crippen molar-refractivity contribution in [1.82, 2.24) is 0 Å². The van der Waals surface area contributed by atoms with Gasteiger partial charge < -0.3 is 14.9 Å². The van der Waals surface area contributed by atoms with Gasteiger partial charge in [0, 0.05) is 0 Å². The molecular weight excluding hydrogens is 330 g/mol. The van der Waals surface area contributed by atoms with Gasteiger partial charge in [-0.2, -0.15) is 0 Å². The van der Waals surface area contributed by atoms with Crippen molar-refractivity contribution in [2.75, 3.05) is 0 Å². The van der Waals surface area contributed by atoms with Gasteiger partial charge in [0.05, 0.1) is 0 Å². The molecule has 17 heavy (non-hydrogen) atoms. The molecule has 2 aliphatic carbocycles. The third kappa shape index (κ3) is 17.5. The van der Waals surface area contributed by atoms with Crippen LogP contribution in [0.3, 0.4) is 0 Å². The van der Waals surface area contributed by atoms with Crippen LogP contribution in [0.25, 0.3) is 0 Å². The van der Waals surface area contributed by atoms with Gasteiger partial charge in [-0.15, -0.1) is 0 Å². The van der Waals surface area contributed by atoms with Crippen molar-refractivity contribution >= 4 is 17.0 Å². The monoisotopic (exact) mass is 358 g/mol. The summed E-state index contributed by atoms with van der Waals surface area (Å²) in [6.07, 6.45) is 11.9. The summed E-state index contributed by atoms with van der Waals surface area (Å²) in [7, 11) is 9.87. The quantitative estimate of drug-likeness (QED) is 0.423. The molecule has 2 rings (SSSR count). The van der Waals surface area contributed by atoms with E-state index in [2.05, 4.69) is 13.8 Å². The maximum absolute atomic E-state index is 4.93. The fraction of sp³-hybridized carbons (Fsp3) is 0.857. The number of hydrogen-bond donors (Lipinski definition) is 0. The van der Waals surface area contributed by atoms with E-state index in [1.54, 1.807) is 0 Å². The zero-order valence-corrected chi connectivity index (χ0v) is 16.0. The SMILES string of the molecule is CC1CCCC1.CC1CCCC1.[CH3-].[CH3-].[Cl][Zr+2][Cl]. The second-order valence-corrected chi connectivity index (χ2v) is 8.58. The first-order chi connectivity index (χ1) is 7.20. The topological polar surface area (TPSA) is 0 Å². The summed E-state index contributed by atoms with van der Waals surface area (Å²) in [5.41, 5.74) is 0. The van der Waals surface area contributed by atoms with Gasteiger partial charge in [-0.3, -0.25) is 0 Å². The molecule has 2 aliphatic rings. The van der Waals surface area contributed by atoms with Crippen LogP contribution in [0.5, 0.6) is 0 Å². The molecule has 0 saturated heterocycles. The van der Waals surface area contributed by atoms with Gasteiger partial charge in [-0.1, -0.05) is 65.2 Å². The van der Waals surface area contributed by atoms with Gasteiger partial charge in [0.15, 0.2) is 0 Å². The molecule has 0 atom stereocenters. The maximum atomic E-state index is 4.93. The van der Waals surface area contributed by atoms with E-state index in [-0.39, 0.29) is 14.9 Å². The van der Waals surface area contributed by atoms with Gasteiger partial charge in [-0.25, -0.2) is 0 Å². The van der Waals surface area contributed by atoms with E-state index >= 15 is 0 Å². The Morgan fingerprint density at radius 2 is 0.882 bits per heavy atom. The Morgan fingerprint density at radius 1 is 0.706 bits per heavy atom. The first kappa shape index (κ1) is 23.5. The van der Waals surface area contributed by atoms with E-state index in [9.17, 15) is 0 Å². The number of rotatable bonds is 0. The summed E-state index contributed by atoms with van der Waals surface area (Å²) in [4.78, 5) is 0. The minimum absolute atomic E-state index is 0. The third-order valence-electron chi connectivity index (χ3n) is 3.29. The van der Waals surface area contributed by atoms with Gasteiger partial charge in [0.25, 0.3) is 0 Å². The predicted octanol–water partition coefficient (Wildman–Crippen LogP) is 6.67. The molecule has 0 spiro atoms. The van der Waals surface area contributed by atoms with Crippen molar-refractivity contribution in [3.63, 3.8) is 0 Å². The Kier molecular flexibility index (Phi) is 24.2. The normalized spacial score (nSPS) is 18.6. The van der Waals surface area contributed by atoms with Crippen molar-refractivity contribution < 1.29 is 20.8 Å². The molecule has 104 valence electrons. The van der Waals surface area contributed by atoms with Crippen LogP contribution in [0, 0.1) is 26.7 Å². The molecule has 0 amide bonds. The van der Waals surface area contributed by atoms with Crippen molar-refractivity contribution in [3.05, 3.63) is 14.9 Å². The molecular formula is C14H30Cl2Zr. The molecule has 0 aromatic rings. The molecule has 0 heterocycles. The average Bonchev–Trinajstić information content (AvgIpc) is 2.81. The molecule has 0 aromatic heterocycles. The van der Waals surface area contributed by atoms with Crippen molar-refractivity contribution in [2.45, 2.75) is 65.2 Å². The van der Waals surface area contributed by atoms with Crippen LogP contribution in [0.4, 0.5) is 0 Å². The third-order valence-corrected chi connectivity index (χ3v) is 3.29. The molecule has 0 bridgehead atoms. The van der Waals surface area contributed by atoms with E-state index in [4.69, 9.17) is 17.0 Å². The minimum atomic E-state index is -0.826. The molecule has 0 nitrogen and oxygen atoms in total. The second kappa shape index (κ2) is 17.5. The van der Waals surface area contributed by atoms with Crippen LogP contribution < -0.4 is 0 Å². The Hall–Kier alpha value is 1.46. The summed E-state index contributed by atoms with van der Waals surface area (Å²) < 4.78 is 0. The first-order valence-electron chi connectivity index (χ1n) is 6.17. The van der Waals surface area contributed by atoms with E-state index in [1.165, 1.54) is 51.4 Å². The van der Waals surface area contributed by atoms with E-state index in [0.29, 0.717) is 0 Å². The van der Waals surface area contributed by atoms with Gasteiger partial charge in [0.2, 0.25) is 0 Å². The molecule has 0 aliphatic heterocycles. The van der Waals surface area contributed by atoms with Crippen LogP contribution in [0.15, 0.2) is 0 Å². The van der Waals surface area contributed by atoms with Crippen LogP contribution in [0.1, 0.15) is 65.2 Å². The molecule has 0 aromatic carbocycles. The van der Waals surface area contributed by atoms with Crippen molar-refractivity contribution in [1.29, 1.82) is 0 Å². The first-order valence-corrected chi connectivity index (χ1v) is 12.5. The Labute approximate surface area is 129 Å². The van der Waals surface area contributed by atoms with E-state index in [1.807, 2.05) is 0 Å². The molecule has 0 N–H and O–H groups in total. The fourth-order valence-corrected chi connectivity index (χ4v) is 2.26. The van der Waals surface area contributed by atoms with Crippen LogP contribution in [-0.4, -0.2) is 0 Å². The second-order valence-electron chi connectivity index (χ2n) is 4.85. The number of halogens is 2. The van der Waals surface area contributed by atoms with Gasteiger partial charge in [-0.05, 0) is 11.8 Å². The Balaban J connectivity index is -0.000000173. The number of hydrogen-bond acceptors (Lipinski definition) is 0. The summed E-state index contributed by atoms with van der Waals surface area (Å²) in [6.45, 7) is 4.68. The molecule has 3 heteroatoms. The van der Waals surface area contributed by atoms with Crippen LogP contribution >= 0.6 is 17.0 Å². The summed E-state index contributed by atoms with van der Waals surface area (Å²) in [6, 6.07) is 0. The van der Waals surface area contributed by atoms with Crippen LogP contribution in [0.2, 0.25) is 0 Å². The summed E-state index contributed by atoms with van der Waals surface area (Å²) in [5, 5.41) is 0. The summed E-state index contributed by atoms with van der Waals surface area (Å²) >= 11 is -0.826. The van der Waals surface area contributed by atoms with Crippen molar-refractivity contribution in [3.8, 4) is 0 Å². The molecule has 2 saturated carbocycles. The molecule has 2 fully saturated rings. The Bertz CT molecular complexity index is 105. The Morgan fingerprint density at radius 3 is 0.941 bits per heavy atom. The fourth-order valence-electron chi connectivity index (χ4n) is 2.26. The van der Waals surface area contributed by atoms with Gasteiger partial charge in [0.1, 0.15) is 0 Å². The summed E-state index contributed by atoms with van der Waals surface area (Å²) in [5.74, 6) is 2.09.